The van der Waals surface area contributed by atoms with E-state index in [4.69, 9.17) is 0 Å². The molecule has 2 aliphatic heterocycles. The van der Waals surface area contributed by atoms with Gasteiger partial charge >= 0.3 is 0 Å². The van der Waals surface area contributed by atoms with Crippen LogP contribution in [-0.2, 0) is 27.8 Å². The van der Waals surface area contributed by atoms with E-state index in [1.807, 2.05) is 17.0 Å². The fraction of sp³-hybridized carbons (Fsp3) is 0.500. The van der Waals surface area contributed by atoms with Gasteiger partial charge in [0.1, 0.15) is 0 Å². The zero-order valence-corrected chi connectivity index (χ0v) is 12.3. The number of hydrogen-bond donors (Lipinski definition) is 0. The normalized spacial score (nSPS) is 20.4. The average Bonchev–Trinajstić information content (AvgIpc) is 2.34. The molecule has 1 aromatic carbocycles. The van der Waals surface area contributed by atoms with Crippen LogP contribution in [0.3, 0.4) is 0 Å². The Bertz CT molecular complexity index is 636. The molecule has 0 radical (unpaired) electrons. The van der Waals surface area contributed by atoms with Crippen LogP contribution in [0.25, 0.3) is 0 Å². The van der Waals surface area contributed by atoms with E-state index in [9.17, 15) is 13.2 Å². The molecule has 0 spiro atoms. The average molecular weight is 294 g/mol. The van der Waals surface area contributed by atoms with E-state index in [0.29, 0.717) is 19.6 Å². The van der Waals surface area contributed by atoms with Gasteiger partial charge in [0.05, 0.1) is 12.2 Å². The van der Waals surface area contributed by atoms with Crippen LogP contribution in [-0.4, -0.2) is 49.4 Å². The fourth-order valence-corrected chi connectivity index (χ4v) is 3.71. The lowest BCUT2D eigenvalue weighted by atomic mass is 9.96. The van der Waals surface area contributed by atoms with Crippen LogP contribution in [0.2, 0.25) is 0 Å². The number of fused-ring (bicyclic) bond motifs is 1. The van der Waals surface area contributed by atoms with Crippen LogP contribution < -0.4 is 0 Å². The van der Waals surface area contributed by atoms with Crippen molar-refractivity contribution >= 4 is 15.9 Å². The number of rotatable bonds is 2. The lowest BCUT2D eigenvalue weighted by molar-refractivity contribution is -0.139. The smallest absolute Gasteiger partial charge is 0.228 e. The highest BCUT2D eigenvalue weighted by molar-refractivity contribution is 7.88. The van der Waals surface area contributed by atoms with Crippen LogP contribution in [0, 0.1) is 5.92 Å². The summed E-state index contributed by atoms with van der Waals surface area (Å²) in [6, 6.07) is 8.16. The van der Waals surface area contributed by atoms with E-state index < -0.39 is 10.0 Å². The lowest BCUT2D eigenvalue weighted by Gasteiger charge is -2.40. The van der Waals surface area contributed by atoms with Crippen molar-refractivity contribution in [2.45, 2.75) is 13.0 Å². The van der Waals surface area contributed by atoms with Gasteiger partial charge in [0.25, 0.3) is 0 Å². The molecule has 1 amide bonds. The van der Waals surface area contributed by atoms with Crippen molar-refractivity contribution in [1.29, 1.82) is 0 Å². The largest absolute Gasteiger partial charge is 0.338 e. The quantitative estimate of drug-likeness (QED) is 0.796. The van der Waals surface area contributed by atoms with Crippen molar-refractivity contribution in [2.24, 2.45) is 5.92 Å². The molecule has 108 valence electrons. The number of carbonyl (C=O) groups excluding carboxylic acids is 1. The van der Waals surface area contributed by atoms with Crippen LogP contribution in [0.4, 0.5) is 0 Å². The number of amides is 1. The molecule has 0 aromatic heterocycles. The molecule has 20 heavy (non-hydrogen) atoms. The van der Waals surface area contributed by atoms with Gasteiger partial charge in [0.2, 0.25) is 15.9 Å². The number of sulfonamides is 1. The second-order valence-electron chi connectivity index (χ2n) is 5.56. The summed E-state index contributed by atoms with van der Waals surface area (Å²) in [7, 11) is -3.15. The third kappa shape index (κ3) is 2.45. The van der Waals surface area contributed by atoms with Gasteiger partial charge in [-0.1, -0.05) is 24.3 Å². The maximum absolute atomic E-state index is 12.4. The maximum atomic E-state index is 12.4. The molecular weight excluding hydrogens is 276 g/mol. The van der Waals surface area contributed by atoms with Gasteiger partial charge in [-0.2, -0.15) is 0 Å². The van der Waals surface area contributed by atoms with E-state index in [0.717, 1.165) is 13.0 Å². The molecule has 0 bridgehead atoms. The van der Waals surface area contributed by atoms with Gasteiger partial charge in [-0.15, -0.1) is 0 Å². The number of hydrogen-bond acceptors (Lipinski definition) is 3. The van der Waals surface area contributed by atoms with Gasteiger partial charge in [0.15, 0.2) is 0 Å². The summed E-state index contributed by atoms with van der Waals surface area (Å²) in [6.45, 7) is 2.03. The maximum Gasteiger partial charge on any atom is 0.228 e. The molecule has 1 saturated heterocycles. The molecule has 1 fully saturated rings. The highest BCUT2D eigenvalue weighted by Crippen LogP contribution is 2.25. The fourth-order valence-electron chi connectivity index (χ4n) is 2.81. The predicted molar refractivity (Wildman–Crippen MR) is 75.5 cm³/mol. The Balaban J connectivity index is 1.64. The summed E-state index contributed by atoms with van der Waals surface area (Å²) < 4.78 is 24.0. The molecule has 5 nitrogen and oxygen atoms in total. The molecule has 1 aromatic rings. The number of nitrogens with zero attached hydrogens (tertiary/aromatic N) is 2. The molecule has 2 heterocycles. The minimum absolute atomic E-state index is 0.0828. The summed E-state index contributed by atoms with van der Waals surface area (Å²) in [6.07, 6.45) is 2.06. The van der Waals surface area contributed by atoms with Gasteiger partial charge in [-0.25, -0.2) is 12.7 Å². The Morgan fingerprint density at radius 3 is 2.50 bits per heavy atom. The van der Waals surface area contributed by atoms with E-state index in [1.165, 1.54) is 21.7 Å². The first-order valence-corrected chi connectivity index (χ1v) is 8.60. The van der Waals surface area contributed by atoms with E-state index in [2.05, 4.69) is 12.1 Å². The summed E-state index contributed by atoms with van der Waals surface area (Å²) in [5.41, 5.74) is 2.51. The Labute approximate surface area is 119 Å². The molecule has 2 aliphatic rings. The first kappa shape index (κ1) is 13.6. The predicted octanol–water partition coefficient (Wildman–Crippen LogP) is 0.463. The molecule has 3 rings (SSSR count). The second kappa shape index (κ2) is 4.86. The summed E-state index contributed by atoms with van der Waals surface area (Å²) in [5.74, 6) is -0.0885. The zero-order valence-electron chi connectivity index (χ0n) is 11.4. The Kier molecular flexibility index (Phi) is 3.30. The summed E-state index contributed by atoms with van der Waals surface area (Å²) in [4.78, 5) is 14.2. The standard InChI is InChI=1S/C14H18N2O3S/c1-20(18,19)16-9-13(10-16)14(17)15-7-6-11-4-2-3-5-12(11)8-15/h2-5,13H,6-10H2,1H3. The van der Waals surface area contributed by atoms with Gasteiger partial charge < -0.3 is 4.90 Å². The van der Waals surface area contributed by atoms with Crippen LogP contribution in [0.15, 0.2) is 24.3 Å². The van der Waals surface area contributed by atoms with E-state index >= 15 is 0 Å². The number of carbonyl (C=O) groups is 1. The molecule has 6 heteroatoms. The molecule has 0 atom stereocenters. The molecular formula is C14H18N2O3S. The van der Waals surface area contributed by atoms with Crippen molar-refractivity contribution in [1.82, 2.24) is 9.21 Å². The highest BCUT2D eigenvalue weighted by Gasteiger charge is 2.40. The van der Waals surface area contributed by atoms with Crippen molar-refractivity contribution < 1.29 is 13.2 Å². The topological polar surface area (TPSA) is 57.7 Å². The Morgan fingerprint density at radius 1 is 1.20 bits per heavy atom. The van der Waals surface area contributed by atoms with Crippen molar-refractivity contribution in [3.63, 3.8) is 0 Å². The van der Waals surface area contributed by atoms with Crippen molar-refractivity contribution in [3.05, 3.63) is 35.4 Å². The lowest BCUT2D eigenvalue weighted by Crippen LogP contribution is -2.56. The van der Waals surface area contributed by atoms with Gasteiger partial charge in [0, 0.05) is 26.2 Å². The van der Waals surface area contributed by atoms with Crippen LogP contribution in [0.1, 0.15) is 11.1 Å². The summed E-state index contributed by atoms with van der Waals surface area (Å²) in [5, 5.41) is 0. The zero-order chi connectivity index (χ0) is 14.3. The minimum Gasteiger partial charge on any atom is -0.338 e. The van der Waals surface area contributed by atoms with Crippen LogP contribution in [0.5, 0.6) is 0 Å². The Morgan fingerprint density at radius 2 is 1.85 bits per heavy atom. The SMILES string of the molecule is CS(=O)(=O)N1CC(C(=O)N2CCc3ccccc3C2)C1. The van der Waals surface area contributed by atoms with Crippen molar-refractivity contribution in [2.75, 3.05) is 25.9 Å². The molecule has 0 unspecified atom stereocenters. The first-order chi connectivity index (χ1) is 9.45. The highest BCUT2D eigenvalue weighted by atomic mass is 32.2. The third-order valence-corrected chi connectivity index (χ3v) is 5.34. The van der Waals surface area contributed by atoms with Crippen molar-refractivity contribution in [3.8, 4) is 0 Å². The monoisotopic (exact) mass is 294 g/mol. The first-order valence-electron chi connectivity index (χ1n) is 6.76. The van der Waals surface area contributed by atoms with Gasteiger partial charge in [-0.05, 0) is 17.5 Å². The Hall–Kier alpha value is -1.40. The summed E-state index contributed by atoms with van der Waals surface area (Å²) >= 11 is 0. The van der Waals surface area contributed by atoms with E-state index in [-0.39, 0.29) is 11.8 Å². The van der Waals surface area contributed by atoms with E-state index in [1.54, 1.807) is 0 Å². The molecule has 0 saturated carbocycles. The minimum atomic E-state index is -3.15. The molecule has 0 N–H and O–H groups in total. The number of benzene rings is 1. The van der Waals surface area contributed by atoms with Gasteiger partial charge in [-0.3, -0.25) is 4.79 Å². The molecule has 0 aliphatic carbocycles. The van der Waals surface area contributed by atoms with Crippen LogP contribution >= 0.6 is 0 Å². The third-order valence-electron chi connectivity index (χ3n) is 4.11. The second-order valence-corrected chi connectivity index (χ2v) is 7.54.